The molecule has 0 aliphatic heterocycles. The number of nitrogens with zero attached hydrogens (tertiary/aromatic N) is 1. The van der Waals surface area contributed by atoms with Gasteiger partial charge in [-0.15, -0.1) is 0 Å². The molecule has 5 heteroatoms. The fourth-order valence-corrected chi connectivity index (χ4v) is 0.105. The molecule has 38 valence electrons. The van der Waals surface area contributed by atoms with E-state index in [-0.39, 0.29) is 0 Å². The predicted octanol–water partition coefficient (Wildman–Crippen LogP) is -0.372. The number of hydrogen-bond acceptors (Lipinski definition) is 2. The van der Waals surface area contributed by atoms with E-state index in [1.807, 2.05) is 0 Å². The van der Waals surface area contributed by atoms with Crippen LogP contribution in [0.2, 0.25) is 0 Å². The lowest BCUT2D eigenvalue weighted by Gasteiger charge is -1.76. The molecule has 0 unspecified atom stereocenters. The van der Waals surface area contributed by atoms with E-state index in [1.165, 1.54) is 0 Å². The fraction of sp³-hybridized carbons (Fsp3) is 0. The van der Waals surface area contributed by atoms with E-state index >= 15 is 0 Å². The number of rotatable bonds is 1. The van der Waals surface area contributed by atoms with Gasteiger partial charge >= 0.3 is 0 Å². The Bertz CT molecular complexity index is 104. The van der Waals surface area contributed by atoms with Gasteiger partial charge < -0.3 is 0 Å². The Labute approximate surface area is 39.7 Å². The molecule has 0 bridgehead atoms. The lowest BCUT2D eigenvalue weighted by molar-refractivity contribution is -0.403. The summed E-state index contributed by atoms with van der Waals surface area (Å²) < 4.78 is 0. The lowest BCUT2D eigenvalue weighted by Crippen LogP contribution is -1.90. The monoisotopic (exact) mass is 101 g/mol. The molecule has 0 atom stereocenters. The smallest absolute Gasteiger partial charge is 0.277 e. The second kappa shape index (κ2) is 2.01. The van der Waals surface area contributed by atoms with Crippen LogP contribution in [0, 0.1) is 10.1 Å². The zero-order chi connectivity index (χ0) is 5.86. The highest BCUT2D eigenvalue weighted by molar-refractivity contribution is 4.78. The van der Waals surface area contributed by atoms with Gasteiger partial charge in [-0.05, 0) is 0 Å². The van der Waals surface area contributed by atoms with E-state index in [4.69, 9.17) is 11.5 Å². The zero-order valence-corrected chi connectivity index (χ0v) is 3.34. The Kier molecular flexibility index (Phi) is 1.65. The van der Waals surface area contributed by atoms with Crippen molar-refractivity contribution >= 4 is 0 Å². The number of hydrogen-bond donors (Lipinski definition) is 0. The molecule has 2 radical (unpaired) electrons. The molecule has 5 nitrogen and oxygen atoms in total. The maximum atomic E-state index is 9.30. The van der Waals surface area contributed by atoms with Gasteiger partial charge in [0.05, 0.1) is 4.92 Å². The predicted molar refractivity (Wildman–Crippen MR) is 21.3 cm³/mol. The summed E-state index contributed by atoms with van der Waals surface area (Å²) in [5, 5.41) is 9.30. The highest BCUT2D eigenvalue weighted by Gasteiger charge is 1.87. The summed E-state index contributed by atoms with van der Waals surface area (Å²) in [4.78, 5) is 8.46. The van der Waals surface area contributed by atoms with Crippen LogP contribution in [0.3, 0.4) is 0 Å². The summed E-state index contributed by atoms with van der Waals surface area (Å²) in [5.41, 5.74) is 12.4. The van der Waals surface area contributed by atoms with E-state index in [0.717, 1.165) is 0 Å². The van der Waals surface area contributed by atoms with Gasteiger partial charge in [-0.3, -0.25) is 21.6 Å². The quantitative estimate of drug-likeness (QED) is 0.333. The second-order valence-corrected chi connectivity index (χ2v) is 0.828. The van der Waals surface area contributed by atoms with Crippen LogP contribution in [-0.2, 0) is 0 Å². The first-order valence-corrected chi connectivity index (χ1v) is 1.41. The van der Waals surface area contributed by atoms with Crippen LogP contribution in [0.4, 0.5) is 0 Å². The van der Waals surface area contributed by atoms with Crippen molar-refractivity contribution in [2.75, 3.05) is 0 Å². The van der Waals surface area contributed by atoms with Crippen molar-refractivity contribution in [1.29, 1.82) is 0 Å². The SMILES string of the molecule is [NH]C([NH])=C[N+](=O)[O-]. The summed E-state index contributed by atoms with van der Waals surface area (Å²) >= 11 is 0. The van der Waals surface area contributed by atoms with Gasteiger partial charge in [0.2, 0.25) is 5.82 Å². The minimum Gasteiger partial charge on any atom is -0.278 e. The van der Waals surface area contributed by atoms with Crippen molar-refractivity contribution in [2.24, 2.45) is 0 Å². The molecule has 0 aliphatic carbocycles. The van der Waals surface area contributed by atoms with Crippen molar-refractivity contribution < 1.29 is 4.92 Å². The van der Waals surface area contributed by atoms with Crippen molar-refractivity contribution in [3.05, 3.63) is 22.1 Å². The topological polar surface area (TPSA) is 90.7 Å². The Hall–Kier alpha value is -1.26. The molecular formula is C2H3N3O2. The van der Waals surface area contributed by atoms with Crippen LogP contribution < -0.4 is 11.5 Å². The van der Waals surface area contributed by atoms with Gasteiger partial charge in [-0.2, -0.15) is 0 Å². The summed E-state index contributed by atoms with van der Waals surface area (Å²) in [7, 11) is 0. The molecule has 0 saturated carbocycles. The third-order valence-electron chi connectivity index (χ3n) is 0.235. The van der Waals surface area contributed by atoms with Crippen molar-refractivity contribution in [3.8, 4) is 0 Å². The van der Waals surface area contributed by atoms with Crippen molar-refractivity contribution in [3.63, 3.8) is 0 Å². The number of nitrogens with one attached hydrogen (secondary N) is 2. The minimum atomic E-state index is -0.838. The molecule has 7 heavy (non-hydrogen) atoms. The molecule has 0 heterocycles. The van der Waals surface area contributed by atoms with Gasteiger partial charge in [0, 0.05) is 0 Å². The molecule has 0 rings (SSSR count). The molecule has 2 N–H and O–H groups in total. The summed E-state index contributed by atoms with van der Waals surface area (Å²) in [5.74, 6) is -0.787. The third kappa shape index (κ3) is 4.74. The van der Waals surface area contributed by atoms with Crippen LogP contribution in [0.25, 0.3) is 0 Å². The highest BCUT2D eigenvalue weighted by Crippen LogP contribution is 1.74. The van der Waals surface area contributed by atoms with Gasteiger partial charge in [0.25, 0.3) is 6.20 Å². The summed E-state index contributed by atoms with van der Waals surface area (Å²) in [6, 6.07) is 0. The highest BCUT2D eigenvalue weighted by atomic mass is 16.6. The Morgan fingerprint density at radius 1 is 1.71 bits per heavy atom. The van der Waals surface area contributed by atoms with E-state index in [2.05, 4.69) is 0 Å². The fourth-order valence-electron chi connectivity index (χ4n) is 0.105. The average molecular weight is 101 g/mol. The van der Waals surface area contributed by atoms with Crippen LogP contribution >= 0.6 is 0 Å². The maximum Gasteiger partial charge on any atom is 0.277 e. The molecule has 0 fully saturated rings. The molecule has 0 aromatic rings. The average Bonchev–Trinajstić information content (AvgIpc) is 1.27. The first kappa shape index (κ1) is 5.74. The standard InChI is InChI=1S/C2H3N3O2/c3-2(4)1-5(6)7/h1,3-4H. The van der Waals surface area contributed by atoms with E-state index in [9.17, 15) is 10.1 Å². The van der Waals surface area contributed by atoms with Crippen LogP contribution in [0.15, 0.2) is 12.0 Å². The maximum absolute atomic E-state index is 9.30. The van der Waals surface area contributed by atoms with Crippen molar-refractivity contribution in [2.45, 2.75) is 0 Å². The first-order chi connectivity index (χ1) is 3.13. The van der Waals surface area contributed by atoms with E-state index < -0.39 is 10.7 Å². The Morgan fingerprint density at radius 3 is 2.14 bits per heavy atom. The van der Waals surface area contributed by atoms with Gasteiger partial charge in [-0.25, -0.2) is 0 Å². The lowest BCUT2D eigenvalue weighted by atomic mass is 10.8. The zero-order valence-electron chi connectivity index (χ0n) is 3.34. The molecule has 0 saturated heterocycles. The molecule has 0 aromatic carbocycles. The number of nitro groups is 1. The van der Waals surface area contributed by atoms with Gasteiger partial charge in [-0.1, -0.05) is 0 Å². The normalized spacial score (nSPS) is 7.43. The third-order valence-corrected chi connectivity index (χ3v) is 0.235. The van der Waals surface area contributed by atoms with E-state index in [1.54, 1.807) is 0 Å². The van der Waals surface area contributed by atoms with E-state index in [0.29, 0.717) is 6.20 Å². The van der Waals surface area contributed by atoms with Crippen LogP contribution in [-0.4, -0.2) is 4.92 Å². The van der Waals surface area contributed by atoms with Crippen LogP contribution in [0.5, 0.6) is 0 Å². The van der Waals surface area contributed by atoms with Crippen molar-refractivity contribution in [1.82, 2.24) is 11.5 Å². The van der Waals surface area contributed by atoms with Crippen LogP contribution in [0.1, 0.15) is 0 Å². The summed E-state index contributed by atoms with van der Waals surface area (Å²) in [6.07, 6.45) is 0.306. The van der Waals surface area contributed by atoms with Gasteiger partial charge in [0.1, 0.15) is 0 Å². The Morgan fingerprint density at radius 2 is 2.14 bits per heavy atom. The van der Waals surface area contributed by atoms with Gasteiger partial charge in [0.15, 0.2) is 0 Å². The molecular weight excluding hydrogens is 98.0 g/mol. The minimum absolute atomic E-state index is 0.306. The molecule has 0 aromatic heterocycles. The molecule has 0 aliphatic rings. The molecule has 0 amide bonds. The second-order valence-electron chi connectivity index (χ2n) is 0.828. The largest absolute Gasteiger partial charge is 0.278 e. The first-order valence-electron chi connectivity index (χ1n) is 1.41. The molecule has 0 spiro atoms. The summed E-state index contributed by atoms with van der Waals surface area (Å²) in [6.45, 7) is 0. The Balaban J connectivity index is 3.68.